The third-order valence-electron chi connectivity index (χ3n) is 4.53. The average molecular weight is 355 g/mol. The highest BCUT2D eigenvalue weighted by Crippen LogP contribution is 2.16. The number of carbonyl (C=O) groups excluding carboxylic acids is 1. The third-order valence-corrected chi connectivity index (χ3v) is 4.53. The maximum absolute atomic E-state index is 12.9. The maximum atomic E-state index is 12.9. The number of anilines is 2. The fourth-order valence-corrected chi connectivity index (χ4v) is 3.10. The molecule has 0 saturated carbocycles. The van der Waals surface area contributed by atoms with Crippen LogP contribution in [0.2, 0.25) is 0 Å². The number of piperazine rings is 1. The van der Waals surface area contributed by atoms with Gasteiger partial charge in [-0.2, -0.15) is 0 Å². The number of aromatic nitrogens is 4. The lowest BCUT2D eigenvalue weighted by atomic mass is 10.2. The quantitative estimate of drug-likeness (QED) is 0.802. The van der Waals surface area contributed by atoms with Gasteiger partial charge in [0, 0.05) is 57.7 Å². The summed E-state index contributed by atoms with van der Waals surface area (Å²) in [6.45, 7) is 10.3. The van der Waals surface area contributed by atoms with Crippen molar-refractivity contribution in [3.8, 4) is 0 Å². The molecule has 1 amide bonds. The molecule has 0 atom stereocenters. The van der Waals surface area contributed by atoms with Gasteiger partial charge in [0.2, 0.25) is 5.95 Å². The molecule has 1 saturated heterocycles. The zero-order valence-electron chi connectivity index (χ0n) is 15.6. The van der Waals surface area contributed by atoms with Crippen LogP contribution in [0, 0.1) is 6.92 Å². The molecule has 2 aromatic rings. The summed E-state index contributed by atoms with van der Waals surface area (Å²) in [4.78, 5) is 36.4. The van der Waals surface area contributed by atoms with Crippen LogP contribution in [0.4, 0.5) is 11.8 Å². The van der Waals surface area contributed by atoms with Gasteiger partial charge in [0.1, 0.15) is 17.3 Å². The van der Waals surface area contributed by atoms with E-state index in [0.717, 1.165) is 18.9 Å². The number of hydrogen-bond acceptors (Lipinski definition) is 7. The number of amides is 1. The number of hydrogen-bond donors (Lipinski definition) is 0. The van der Waals surface area contributed by atoms with Gasteiger partial charge in [-0.25, -0.2) is 19.9 Å². The van der Waals surface area contributed by atoms with E-state index in [9.17, 15) is 4.79 Å². The summed E-state index contributed by atoms with van der Waals surface area (Å²) < 4.78 is 0. The van der Waals surface area contributed by atoms with Crippen LogP contribution in [0.3, 0.4) is 0 Å². The van der Waals surface area contributed by atoms with Crippen molar-refractivity contribution < 1.29 is 4.79 Å². The van der Waals surface area contributed by atoms with Crippen molar-refractivity contribution in [1.29, 1.82) is 0 Å². The average Bonchev–Trinajstić information content (AvgIpc) is 2.69. The Morgan fingerprint density at radius 3 is 2.35 bits per heavy atom. The summed E-state index contributed by atoms with van der Waals surface area (Å²) in [5.74, 6) is 2.09. The molecule has 1 aliphatic heterocycles. The molecule has 0 bridgehead atoms. The molecule has 8 heteroatoms. The molecule has 0 spiro atoms. The SMILES string of the molecule is CCN(CC)c1cc(C(=O)N2CCN(c3ncccn3)CC2)nc(C)n1. The first-order valence-corrected chi connectivity index (χ1v) is 9.04. The third kappa shape index (κ3) is 3.89. The van der Waals surface area contributed by atoms with E-state index in [0.29, 0.717) is 43.6 Å². The van der Waals surface area contributed by atoms with Crippen molar-refractivity contribution in [3.63, 3.8) is 0 Å². The van der Waals surface area contributed by atoms with Crippen LogP contribution < -0.4 is 9.80 Å². The number of rotatable bonds is 5. The lowest BCUT2D eigenvalue weighted by molar-refractivity contribution is 0.0740. The number of aryl methyl sites for hydroxylation is 1. The zero-order chi connectivity index (χ0) is 18.5. The smallest absolute Gasteiger partial charge is 0.272 e. The molecule has 1 aliphatic rings. The van der Waals surface area contributed by atoms with E-state index in [2.05, 4.69) is 43.6 Å². The summed E-state index contributed by atoms with van der Waals surface area (Å²) in [7, 11) is 0. The van der Waals surface area contributed by atoms with E-state index in [1.807, 2.05) is 11.8 Å². The zero-order valence-corrected chi connectivity index (χ0v) is 15.6. The minimum absolute atomic E-state index is 0.0439. The first-order chi connectivity index (χ1) is 12.6. The Morgan fingerprint density at radius 1 is 1.08 bits per heavy atom. The van der Waals surface area contributed by atoms with Crippen molar-refractivity contribution in [3.05, 3.63) is 36.0 Å². The van der Waals surface area contributed by atoms with Crippen LogP contribution in [0.5, 0.6) is 0 Å². The fraction of sp³-hybridized carbons (Fsp3) is 0.500. The highest BCUT2D eigenvalue weighted by molar-refractivity contribution is 5.93. The maximum Gasteiger partial charge on any atom is 0.272 e. The summed E-state index contributed by atoms with van der Waals surface area (Å²) in [6.07, 6.45) is 3.47. The van der Waals surface area contributed by atoms with Gasteiger partial charge in [-0.15, -0.1) is 0 Å². The van der Waals surface area contributed by atoms with Crippen LogP contribution in [0.15, 0.2) is 24.5 Å². The molecule has 1 fully saturated rings. The monoisotopic (exact) mass is 355 g/mol. The van der Waals surface area contributed by atoms with E-state index in [4.69, 9.17) is 0 Å². The normalized spacial score (nSPS) is 14.4. The van der Waals surface area contributed by atoms with Crippen LogP contribution in [0.1, 0.15) is 30.2 Å². The van der Waals surface area contributed by atoms with Gasteiger partial charge >= 0.3 is 0 Å². The van der Waals surface area contributed by atoms with E-state index in [-0.39, 0.29) is 5.91 Å². The summed E-state index contributed by atoms with van der Waals surface area (Å²) in [5.41, 5.74) is 0.462. The Bertz CT molecular complexity index is 740. The molecule has 0 radical (unpaired) electrons. The Morgan fingerprint density at radius 2 is 1.73 bits per heavy atom. The molecule has 138 valence electrons. The van der Waals surface area contributed by atoms with Gasteiger partial charge in [-0.05, 0) is 26.8 Å². The van der Waals surface area contributed by atoms with Gasteiger partial charge in [-0.3, -0.25) is 4.79 Å². The van der Waals surface area contributed by atoms with Gasteiger partial charge < -0.3 is 14.7 Å². The fourth-order valence-electron chi connectivity index (χ4n) is 3.10. The van der Waals surface area contributed by atoms with Gasteiger partial charge in [0.25, 0.3) is 5.91 Å². The molecular formula is C18H25N7O. The standard InChI is InChI=1S/C18H25N7O/c1-4-23(5-2)16-13-15(21-14(3)22-16)17(26)24-9-11-25(12-10-24)18-19-7-6-8-20-18/h6-8,13H,4-5,9-12H2,1-3H3. The molecule has 26 heavy (non-hydrogen) atoms. The molecule has 3 rings (SSSR count). The van der Waals surface area contributed by atoms with Gasteiger partial charge in [-0.1, -0.05) is 0 Å². The molecule has 8 nitrogen and oxygen atoms in total. The highest BCUT2D eigenvalue weighted by Gasteiger charge is 2.25. The van der Waals surface area contributed by atoms with Gasteiger partial charge in [0.15, 0.2) is 0 Å². The summed E-state index contributed by atoms with van der Waals surface area (Å²) in [6, 6.07) is 3.60. The number of nitrogens with zero attached hydrogens (tertiary/aromatic N) is 7. The van der Waals surface area contributed by atoms with Crippen molar-refractivity contribution in [2.75, 3.05) is 49.1 Å². The van der Waals surface area contributed by atoms with E-state index in [1.165, 1.54) is 0 Å². The first kappa shape index (κ1) is 18.0. The molecule has 2 aromatic heterocycles. The lowest BCUT2D eigenvalue weighted by Crippen LogP contribution is -2.49. The van der Waals surface area contributed by atoms with Crippen LogP contribution in [0.25, 0.3) is 0 Å². The van der Waals surface area contributed by atoms with Gasteiger partial charge in [0.05, 0.1) is 0 Å². The molecule has 0 unspecified atom stereocenters. The second kappa shape index (κ2) is 8.07. The largest absolute Gasteiger partial charge is 0.357 e. The molecule has 0 aliphatic carbocycles. The topological polar surface area (TPSA) is 78.4 Å². The molecule has 3 heterocycles. The van der Waals surface area contributed by atoms with Crippen LogP contribution in [-0.2, 0) is 0 Å². The second-order valence-corrected chi connectivity index (χ2v) is 6.16. The Balaban J connectivity index is 1.70. The van der Waals surface area contributed by atoms with Crippen molar-refractivity contribution in [1.82, 2.24) is 24.8 Å². The molecule has 0 aromatic carbocycles. The second-order valence-electron chi connectivity index (χ2n) is 6.16. The minimum atomic E-state index is -0.0439. The van der Waals surface area contributed by atoms with Crippen molar-refractivity contribution in [2.45, 2.75) is 20.8 Å². The van der Waals surface area contributed by atoms with E-state index < -0.39 is 0 Å². The predicted molar refractivity (Wildman–Crippen MR) is 100 cm³/mol. The Hall–Kier alpha value is -2.77. The van der Waals surface area contributed by atoms with E-state index in [1.54, 1.807) is 24.5 Å². The molecular weight excluding hydrogens is 330 g/mol. The number of carbonyl (C=O) groups is 1. The summed E-state index contributed by atoms with van der Waals surface area (Å²) in [5, 5.41) is 0. The van der Waals surface area contributed by atoms with Crippen molar-refractivity contribution >= 4 is 17.7 Å². The molecule has 0 N–H and O–H groups in total. The Labute approximate surface area is 153 Å². The highest BCUT2D eigenvalue weighted by atomic mass is 16.2. The van der Waals surface area contributed by atoms with Crippen LogP contribution in [-0.4, -0.2) is 70.0 Å². The Kier molecular flexibility index (Phi) is 5.60. The first-order valence-electron chi connectivity index (χ1n) is 9.04. The van der Waals surface area contributed by atoms with Crippen molar-refractivity contribution in [2.24, 2.45) is 0 Å². The lowest BCUT2D eigenvalue weighted by Gasteiger charge is -2.34. The predicted octanol–water partition coefficient (Wildman–Crippen LogP) is 1.38. The van der Waals surface area contributed by atoms with Crippen LogP contribution >= 0.6 is 0 Å². The minimum Gasteiger partial charge on any atom is -0.357 e. The van der Waals surface area contributed by atoms with E-state index >= 15 is 0 Å². The summed E-state index contributed by atoms with van der Waals surface area (Å²) >= 11 is 0.